The first-order chi connectivity index (χ1) is 7.47. The van der Waals surface area contributed by atoms with Crippen LogP contribution in [-0.4, -0.2) is 0 Å². The van der Waals surface area contributed by atoms with Gasteiger partial charge in [0.05, 0.1) is 0 Å². The van der Waals surface area contributed by atoms with Gasteiger partial charge in [0, 0.05) is 0 Å². The molecule has 2 rings (SSSR count). The summed E-state index contributed by atoms with van der Waals surface area (Å²) in [6.07, 6.45) is 21.1. The highest BCUT2D eigenvalue weighted by Crippen LogP contribution is 2.28. The Hall–Kier alpha value is -0.520. The van der Waals surface area contributed by atoms with Gasteiger partial charge in [0.25, 0.3) is 0 Å². The van der Waals surface area contributed by atoms with Crippen LogP contribution in [0.2, 0.25) is 0 Å². The molecule has 0 aliphatic heterocycles. The molecule has 0 heteroatoms. The molecular formula is C15H23. The third-order valence-electron chi connectivity index (χ3n) is 3.62. The molecule has 0 aromatic carbocycles. The minimum Gasteiger partial charge on any atom is -0.0810 e. The normalized spacial score (nSPS) is 28.0. The molecule has 0 aromatic rings. The summed E-state index contributed by atoms with van der Waals surface area (Å²) < 4.78 is 0. The molecule has 0 unspecified atom stereocenters. The van der Waals surface area contributed by atoms with Crippen LogP contribution in [0.3, 0.4) is 0 Å². The molecule has 83 valence electrons. The molecule has 2 aliphatic carbocycles. The van der Waals surface area contributed by atoms with Crippen LogP contribution in [0.15, 0.2) is 17.2 Å². The van der Waals surface area contributed by atoms with Gasteiger partial charge in [0.2, 0.25) is 0 Å². The first kappa shape index (κ1) is 11.0. The molecule has 0 aromatic heterocycles. The van der Waals surface area contributed by atoms with E-state index in [-0.39, 0.29) is 0 Å². The van der Waals surface area contributed by atoms with Gasteiger partial charge in [-0.05, 0) is 68.6 Å². The second-order valence-electron chi connectivity index (χ2n) is 4.90. The van der Waals surface area contributed by atoms with Crippen molar-refractivity contribution in [3.05, 3.63) is 23.3 Å². The molecule has 0 saturated heterocycles. The Morgan fingerprint density at radius 2 is 1.60 bits per heavy atom. The van der Waals surface area contributed by atoms with E-state index in [9.17, 15) is 0 Å². The lowest BCUT2D eigenvalue weighted by Crippen LogP contribution is -1.95. The first-order valence-corrected chi connectivity index (χ1v) is 6.76. The quantitative estimate of drug-likeness (QED) is 0.565. The van der Waals surface area contributed by atoms with E-state index in [1.807, 2.05) is 0 Å². The molecule has 1 radical (unpaired) electrons. The Balaban J connectivity index is 2.02. The standard InChI is InChI=1S/C15H23/c1-2-6-10-14(11-7-3-1)15-12-8-4-5-9-13-15/h12H,1-10,13H2. The predicted molar refractivity (Wildman–Crippen MR) is 65.6 cm³/mol. The maximum absolute atomic E-state index is 3.67. The topological polar surface area (TPSA) is 0 Å². The fourth-order valence-electron chi connectivity index (χ4n) is 2.67. The summed E-state index contributed by atoms with van der Waals surface area (Å²) in [5.41, 5.74) is 3.23. The summed E-state index contributed by atoms with van der Waals surface area (Å²) in [6.45, 7) is 0. The lowest BCUT2D eigenvalue weighted by molar-refractivity contribution is 0.617. The van der Waals surface area contributed by atoms with Crippen LogP contribution < -0.4 is 0 Å². The lowest BCUT2D eigenvalue weighted by Gasteiger charge is -2.13. The number of hydrogen-bond acceptors (Lipinski definition) is 0. The van der Waals surface area contributed by atoms with Crippen molar-refractivity contribution < 1.29 is 0 Å². The highest BCUT2D eigenvalue weighted by Gasteiger charge is 2.09. The van der Waals surface area contributed by atoms with Crippen LogP contribution in [0, 0.1) is 6.08 Å². The van der Waals surface area contributed by atoms with Gasteiger partial charge in [-0.3, -0.25) is 0 Å². The second kappa shape index (κ2) is 6.15. The summed E-state index contributed by atoms with van der Waals surface area (Å²) in [5, 5.41) is 0. The number of hydrogen-bond donors (Lipinski definition) is 0. The molecule has 0 N–H and O–H groups in total. The average molecular weight is 203 g/mol. The van der Waals surface area contributed by atoms with Crippen molar-refractivity contribution >= 4 is 0 Å². The zero-order chi connectivity index (χ0) is 10.3. The van der Waals surface area contributed by atoms with Crippen molar-refractivity contribution in [1.82, 2.24) is 0 Å². The van der Waals surface area contributed by atoms with Crippen molar-refractivity contribution in [1.29, 1.82) is 0 Å². The van der Waals surface area contributed by atoms with E-state index in [0.717, 1.165) is 0 Å². The molecule has 0 heterocycles. The van der Waals surface area contributed by atoms with Crippen LogP contribution in [0.1, 0.15) is 70.6 Å². The van der Waals surface area contributed by atoms with Gasteiger partial charge in [0.15, 0.2) is 0 Å². The van der Waals surface area contributed by atoms with Crippen molar-refractivity contribution in [2.24, 2.45) is 0 Å². The maximum Gasteiger partial charge on any atom is -0.0273 e. The Kier molecular flexibility index (Phi) is 4.50. The number of rotatable bonds is 1. The van der Waals surface area contributed by atoms with Gasteiger partial charge in [0.1, 0.15) is 0 Å². The fraction of sp³-hybridized carbons (Fsp3) is 0.733. The highest BCUT2D eigenvalue weighted by atomic mass is 14.1. The summed E-state index contributed by atoms with van der Waals surface area (Å²) in [4.78, 5) is 0. The Bertz CT molecular complexity index is 245. The van der Waals surface area contributed by atoms with Gasteiger partial charge in [-0.2, -0.15) is 0 Å². The minimum atomic E-state index is 1.20. The molecular weight excluding hydrogens is 180 g/mol. The molecule has 2 aliphatic rings. The zero-order valence-corrected chi connectivity index (χ0v) is 9.86. The highest BCUT2D eigenvalue weighted by molar-refractivity contribution is 5.29. The molecule has 0 atom stereocenters. The third kappa shape index (κ3) is 3.52. The summed E-state index contributed by atoms with van der Waals surface area (Å²) in [7, 11) is 0. The number of allylic oxidation sites excluding steroid dienone is 4. The van der Waals surface area contributed by atoms with Crippen molar-refractivity contribution in [3.8, 4) is 0 Å². The van der Waals surface area contributed by atoms with Gasteiger partial charge in [-0.1, -0.05) is 25.3 Å². The van der Waals surface area contributed by atoms with E-state index >= 15 is 0 Å². The fourth-order valence-corrected chi connectivity index (χ4v) is 2.67. The van der Waals surface area contributed by atoms with Crippen LogP contribution in [-0.2, 0) is 0 Å². The van der Waals surface area contributed by atoms with Gasteiger partial charge < -0.3 is 0 Å². The molecule has 15 heavy (non-hydrogen) atoms. The Morgan fingerprint density at radius 3 is 2.60 bits per heavy atom. The molecule has 0 spiro atoms. The van der Waals surface area contributed by atoms with E-state index in [1.165, 1.54) is 70.6 Å². The largest absolute Gasteiger partial charge is 0.0810 e. The molecule has 0 nitrogen and oxygen atoms in total. The first-order valence-electron chi connectivity index (χ1n) is 6.76. The summed E-state index contributed by atoms with van der Waals surface area (Å²) in [5.74, 6) is 0. The third-order valence-corrected chi connectivity index (χ3v) is 3.62. The van der Waals surface area contributed by atoms with E-state index in [2.05, 4.69) is 12.2 Å². The average Bonchev–Trinajstić information content (AvgIpc) is 2.45. The summed E-state index contributed by atoms with van der Waals surface area (Å²) in [6, 6.07) is 0. The van der Waals surface area contributed by atoms with Crippen molar-refractivity contribution in [2.45, 2.75) is 70.6 Å². The van der Waals surface area contributed by atoms with Gasteiger partial charge in [-0.15, -0.1) is 0 Å². The van der Waals surface area contributed by atoms with E-state index in [4.69, 9.17) is 0 Å². The molecule has 0 amide bonds. The van der Waals surface area contributed by atoms with E-state index in [0.29, 0.717) is 0 Å². The van der Waals surface area contributed by atoms with Gasteiger partial charge >= 0.3 is 0 Å². The van der Waals surface area contributed by atoms with Crippen LogP contribution in [0.4, 0.5) is 0 Å². The molecule has 0 bridgehead atoms. The lowest BCUT2D eigenvalue weighted by atomic mass is 9.92. The van der Waals surface area contributed by atoms with Crippen LogP contribution in [0.25, 0.3) is 0 Å². The van der Waals surface area contributed by atoms with Crippen LogP contribution in [0.5, 0.6) is 0 Å². The smallest absolute Gasteiger partial charge is 0.0273 e. The van der Waals surface area contributed by atoms with E-state index < -0.39 is 0 Å². The monoisotopic (exact) mass is 203 g/mol. The van der Waals surface area contributed by atoms with E-state index in [1.54, 1.807) is 11.1 Å². The Labute approximate surface area is 94.5 Å². The van der Waals surface area contributed by atoms with Crippen molar-refractivity contribution in [2.75, 3.05) is 0 Å². The second-order valence-corrected chi connectivity index (χ2v) is 4.90. The van der Waals surface area contributed by atoms with Crippen LogP contribution >= 0.6 is 0 Å². The predicted octanol–water partition coefficient (Wildman–Crippen LogP) is 4.96. The zero-order valence-electron chi connectivity index (χ0n) is 9.86. The summed E-state index contributed by atoms with van der Waals surface area (Å²) >= 11 is 0. The molecule has 0 fully saturated rings. The van der Waals surface area contributed by atoms with Crippen molar-refractivity contribution in [3.63, 3.8) is 0 Å². The van der Waals surface area contributed by atoms with Gasteiger partial charge in [-0.25, -0.2) is 0 Å². The minimum absolute atomic E-state index is 1.20. The SMILES string of the molecule is [C]1=C(/C2=CCCCCC2)CCCCCC/1. The maximum atomic E-state index is 3.67. The Morgan fingerprint density at radius 1 is 0.800 bits per heavy atom. The molecule has 0 saturated carbocycles.